The van der Waals surface area contributed by atoms with Crippen molar-refractivity contribution in [1.29, 1.82) is 0 Å². The molecule has 102 valence electrons. The van der Waals surface area contributed by atoms with Crippen LogP contribution in [0, 0.1) is 16.7 Å². The molecule has 2 aliphatic rings. The molecule has 0 bridgehead atoms. The third-order valence-corrected chi connectivity index (χ3v) is 4.98. The van der Waals surface area contributed by atoms with Gasteiger partial charge in [-0.05, 0) is 54.1 Å². The van der Waals surface area contributed by atoms with Crippen molar-refractivity contribution in [2.75, 3.05) is 0 Å². The average Bonchev–Trinajstić information content (AvgIpc) is 2.51. The Labute approximate surface area is 109 Å². The molecule has 0 aromatic heterocycles. The third kappa shape index (κ3) is 1.94. The second kappa shape index (κ2) is 4.17. The second-order valence-electron chi connectivity index (χ2n) is 7.10. The minimum atomic E-state index is -0.504. The minimum Gasteiger partial charge on any atom is -0.393 e. The molecular weight excluding hydrogens is 228 g/mol. The molecule has 2 N–H and O–H groups in total. The summed E-state index contributed by atoms with van der Waals surface area (Å²) in [6.45, 7) is 8.18. The summed E-state index contributed by atoms with van der Waals surface area (Å²) < 4.78 is 0. The molecular formula is C15H24O3. The van der Waals surface area contributed by atoms with Gasteiger partial charge in [-0.15, -0.1) is 0 Å². The van der Waals surface area contributed by atoms with Crippen molar-refractivity contribution in [1.82, 2.24) is 0 Å². The van der Waals surface area contributed by atoms with E-state index < -0.39 is 6.10 Å². The van der Waals surface area contributed by atoms with Crippen LogP contribution in [0.5, 0.6) is 0 Å². The zero-order valence-corrected chi connectivity index (χ0v) is 11.7. The molecule has 3 nitrogen and oxygen atoms in total. The number of hydrogen-bond donors (Lipinski definition) is 2. The van der Waals surface area contributed by atoms with Gasteiger partial charge in [0.15, 0.2) is 0 Å². The van der Waals surface area contributed by atoms with E-state index in [1.807, 2.05) is 0 Å². The fraction of sp³-hybridized carbons (Fsp3) is 0.800. The molecule has 2 aliphatic carbocycles. The largest absolute Gasteiger partial charge is 0.393 e. The summed E-state index contributed by atoms with van der Waals surface area (Å²) in [5, 5.41) is 20.2. The van der Waals surface area contributed by atoms with Crippen molar-refractivity contribution in [3.63, 3.8) is 0 Å². The van der Waals surface area contributed by atoms with Gasteiger partial charge >= 0.3 is 0 Å². The molecule has 0 spiro atoms. The maximum Gasteiger partial charge on any atom is 0.145 e. The first-order valence-corrected chi connectivity index (χ1v) is 6.74. The molecule has 18 heavy (non-hydrogen) atoms. The smallest absolute Gasteiger partial charge is 0.145 e. The maximum atomic E-state index is 11.0. The highest BCUT2D eigenvalue weighted by Crippen LogP contribution is 2.59. The van der Waals surface area contributed by atoms with Gasteiger partial charge in [0, 0.05) is 0 Å². The van der Waals surface area contributed by atoms with Crippen molar-refractivity contribution in [3.8, 4) is 0 Å². The lowest BCUT2D eigenvalue weighted by atomic mass is 9.55. The molecule has 4 atom stereocenters. The van der Waals surface area contributed by atoms with Gasteiger partial charge in [0.25, 0.3) is 0 Å². The molecule has 0 radical (unpaired) electrons. The zero-order chi connectivity index (χ0) is 13.7. The lowest BCUT2D eigenvalue weighted by Crippen LogP contribution is -2.50. The van der Waals surface area contributed by atoms with Gasteiger partial charge in [-0.1, -0.05) is 20.8 Å². The molecule has 2 fully saturated rings. The number of rotatable bonds is 2. The Hall–Kier alpha value is -0.670. The third-order valence-electron chi connectivity index (χ3n) is 4.98. The molecule has 2 saturated carbocycles. The highest BCUT2D eigenvalue weighted by atomic mass is 16.3. The van der Waals surface area contributed by atoms with Crippen LogP contribution in [0.15, 0.2) is 11.1 Å². The first kappa shape index (κ1) is 13.8. The average molecular weight is 252 g/mol. The SMILES string of the molecule is CC(C=O)=C1[C@@H](O)C[C@]1(C)[C@H]1CC(C)(C)C[C@@H]1O. The normalized spacial score (nSPS) is 45.6. The van der Waals surface area contributed by atoms with Gasteiger partial charge in [0.05, 0.1) is 12.2 Å². The van der Waals surface area contributed by atoms with E-state index in [2.05, 4.69) is 20.8 Å². The van der Waals surface area contributed by atoms with Crippen molar-refractivity contribution < 1.29 is 15.0 Å². The Morgan fingerprint density at radius 2 is 1.83 bits per heavy atom. The van der Waals surface area contributed by atoms with Crippen LogP contribution in [0.1, 0.15) is 47.0 Å². The Morgan fingerprint density at radius 1 is 1.22 bits per heavy atom. The topological polar surface area (TPSA) is 57.5 Å². The molecule has 0 aliphatic heterocycles. The number of aldehydes is 1. The van der Waals surface area contributed by atoms with Gasteiger partial charge in [-0.2, -0.15) is 0 Å². The molecule has 0 amide bonds. The lowest BCUT2D eigenvalue weighted by Gasteiger charge is -2.51. The van der Waals surface area contributed by atoms with Crippen LogP contribution >= 0.6 is 0 Å². The zero-order valence-electron chi connectivity index (χ0n) is 11.7. The fourth-order valence-electron chi connectivity index (χ4n) is 4.16. The number of carbonyl (C=O) groups is 1. The van der Waals surface area contributed by atoms with Crippen molar-refractivity contribution in [2.24, 2.45) is 16.7 Å². The molecule has 0 unspecified atom stereocenters. The van der Waals surface area contributed by atoms with Crippen LogP contribution < -0.4 is 0 Å². The van der Waals surface area contributed by atoms with Crippen LogP contribution in [-0.4, -0.2) is 28.7 Å². The van der Waals surface area contributed by atoms with Gasteiger partial charge in [-0.25, -0.2) is 0 Å². The van der Waals surface area contributed by atoms with Crippen LogP contribution in [0.2, 0.25) is 0 Å². The summed E-state index contributed by atoms with van der Waals surface area (Å²) in [6.07, 6.45) is 2.40. The van der Waals surface area contributed by atoms with Gasteiger partial charge in [0.1, 0.15) is 6.29 Å². The number of allylic oxidation sites excluding steroid dienone is 1. The number of aliphatic hydroxyl groups is 2. The summed E-state index contributed by atoms with van der Waals surface area (Å²) in [5.41, 5.74) is 1.42. The quantitative estimate of drug-likeness (QED) is 0.584. The number of aliphatic hydroxyl groups excluding tert-OH is 2. The fourth-order valence-corrected chi connectivity index (χ4v) is 4.16. The number of carbonyl (C=O) groups excluding carboxylic acids is 1. The Kier molecular flexibility index (Phi) is 3.19. The summed E-state index contributed by atoms with van der Waals surface area (Å²) in [6, 6.07) is 0. The Morgan fingerprint density at radius 3 is 2.22 bits per heavy atom. The monoisotopic (exact) mass is 252 g/mol. The van der Waals surface area contributed by atoms with Gasteiger partial charge in [0.2, 0.25) is 0 Å². The summed E-state index contributed by atoms with van der Waals surface area (Å²) >= 11 is 0. The van der Waals surface area contributed by atoms with E-state index in [0.717, 1.165) is 24.7 Å². The first-order chi connectivity index (χ1) is 8.21. The molecule has 3 heteroatoms. The summed E-state index contributed by atoms with van der Waals surface area (Å²) in [5.74, 6) is 0.154. The summed E-state index contributed by atoms with van der Waals surface area (Å²) in [4.78, 5) is 11.0. The van der Waals surface area contributed by atoms with Crippen molar-refractivity contribution >= 4 is 6.29 Å². The van der Waals surface area contributed by atoms with E-state index >= 15 is 0 Å². The highest BCUT2D eigenvalue weighted by Gasteiger charge is 2.56. The van der Waals surface area contributed by atoms with E-state index in [1.54, 1.807) is 6.92 Å². The molecule has 2 rings (SSSR count). The predicted octanol–water partition coefficient (Wildman–Crippen LogP) is 2.07. The molecule has 0 aromatic carbocycles. The first-order valence-electron chi connectivity index (χ1n) is 6.74. The van der Waals surface area contributed by atoms with Crippen LogP contribution in [0.25, 0.3) is 0 Å². The van der Waals surface area contributed by atoms with Gasteiger partial charge < -0.3 is 10.2 Å². The lowest BCUT2D eigenvalue weighted by molar-refractivity contribution is -0.105. The Bertz CT molecular complexity index is 397. The second-order valence-corrected chi connectivity index (χ2v) is 7.10. The van der Waals surface area contributed by atoms with E-state index in [1.165, 1.54) is 0 Å². The van der Waals surface area contributed by atoms with E-state index in [0.29, 0.717) is 12.0 Å². The Balaban J connectivity index is 2.31. The van der Waals surface area contributed by atoms with E-state index in [4.69, 9.17) is 0 Å². The van der Waals surface area contributed by atoms with E-state index in [9.17, 15) is 15.0 Å². The maximum absolute atomic E-state index is 11.0. The van der Waals surface area contributed by atoms with Crippen molar-refractivity contribution in [2.45, 2.75) is 59.2 Å². The molecule has 0 heterocycles. The minimum absolute atomic E-state index is 0.147. The highest BCUT2D eigenvalue weighted by molar-refractivity contribution is 5.75. The summed E-state index contributed by atoms with van der Waals surface area (Å²) in [7, 11) is 0. The van der Waals surface area contributed by atoms with Crippen LogP contribution in [0.3, 0.4) is 0 Å². The predicted molar refractivity (Wildman–Crippen MR) is 70.0 cm³/mol. The molecule has 0 aromatic rings. The standard InChI is InChI=1S/C15H24O3/c1-9(8-16)13-12(18)7-15(13,4)10-5-14(2,3)6-11(10)17/h8,10-12,17-18H,5-7H2,1-4H3/t10-,11-,12-,15+/m0/s1. The van der Waals surface area contributed by atoms with E-state index in [-0.39, 0.29) is 22.9 Å². The number of hydrogen-bond acceptors (Lipinski definition) is 3. The van der Waals surface area contributed by atoms with Crippen LogP contribution in [0.4, 0.5) is 0 Å². The van der Waals surface area contributed by atoms with Gasteiger partial charge in [-0.3, -0.25) is 4.79 Å². The van der Waals surface area contributed by atoms with Crippen molar-refractivity contribution in [3.05, 3.63) is 11.1 Å². The van der Waals surface area contributed by atoms with Crippen LogP contribution in [-0.2, 0) is 4.79 Å². The molecule has 0 saturated heterocycles.